The van der Waals surface area contributed by atoms with Gasteiger partial charge < -0.3 is 4.90 Å². The molecule has 2 aliphatic heterocycles. The highest BCUT2D eigenvalue weighted by Gasteiger charge is 2.52. The molecule has 2 amide bonds. The maximum atomic E-state index is 13.3. The molecule has 35 heavy (non-hydrogen) atoms. The van der Waals surface area contributed by atoms with Crippen molar-refractivity contribution in [1.29, 1.82) is 0 Å². The van der Waals surface area contributed by atoms with Crippen LogP contribution in [0.25, 0.3) is 0 Å². The first-order valence-electron chi connectivity index (χ1n) is 12.3. The van der Waals surface area contributed by atoms with Crippen molar-refractivity contribution in [3.05, 3.63) is 65.2 Å². The lowest BCUT2D eigenvalue weighted by Gasteiger charge is -2.36. The number of halogens is 3. The van der Waals surface area contributed by atoms with E-state index in [1.807, 2.05) is 17.0 Å². The Morgan fingerprint density at radius 1 is 0.857 bits per heavy atom. The summed E-state index contributed by atoms with van der Waals surface area (Å²) >= 11 is 0. The van der Waals surface area contributed by atoms with Gasteiger partial charge >= 0.3 is 6.18 Å². The third kappa shape index (κ3) is 4.81. The number of imide groups is 1. The Hall–Kier alpha value is -2.87. The molecule has 3 aliphatic rings. The second kappa shape index (κ2) is 9.30. The third-order valence-corrected chi connectivity index (χ3v) is 7.78. The van der Waals surface area contributed by atoms with Gasteiger partial charge in [0.05, 0.1) is 11.0 Å². The van der Waals surface area contributed by atoms with Crippen molar-refractivity contribution in [2.24, 2.45) is 5.41 Å². The van der Waals surface area contributed by atoms with Gasteiger partial charge in [-0.2, -0.15) is 13.2 Å². The SMILES string of the molecule is O=C1CC2(CCc3ccccc3C2)C(=O)N1CCCN1CCN(c2cccc(C(F)(F)F)c2)CC1. The molecule has 1 spiro atoms. The third-order valence-electron chi connectivity index (χ3n) is 7.78. The maximum Gasteiger partial charge on any atom is 0.416 e. The molecule has 8 heteroatoms. The van der Waals surface area contributed by atoms with E-state index in [9.17, 15) is 22.8 Å². The van der Waals surface area contributed by atoms with Crippen LogP contribution in [-0.2, 0) is 28.6 Å². The molecule has 1 atom stereocenters. The summed E-state index contributed by atoms with van der Waals surface area (Å²) in [6.07, 6.45) is -1.14. The van der Waals surface area contributed by atoms with E-state index in [1.54, 1.807) is 6.07 Å². The van der Waals surface area contributed by atoms with Crippen molar-refractivity contribution in [1.82, 2.24) is 9.80 Å². The van der Waals surface area contributed by atoms with Crippen LogP contribution in [0.2, 0.25) is 0 Å². The van der Waals surface area contributed by atoms with E-state index in [1.165, 1.54) is 28.2 Å². The predicted octanol–water partition coefficient (Wildman–Crippen LogP) is 4.15. The van der Waals surface area contributed by atoms with Crippen LogP contribution in [0.15, 0.2) is 48.5 Å². The zero-order valence-corrected chi connectivity index (χ0v) is 19.7. The number of hydrogen-bond donors (Lipinski definition) is 0. The van der Waals surface area contributed by atoms with Gasteiger partial charge in [-0.15, -0.1) is 0 Å². The molecule has 0 radical (unpaired) electrons. The first-order chi connectivity index (χ1) is 16.7. The van der Waals surface area contributed by atoms with Gasteiger partial charge in [-0.25, -0.2) is 0 Å². The molecule has 0 aromatic heterocycles. The largest absolute Gasteiger partial charge is 0.416 e. The van der Waals surface area contributed by atoms with Gasteiger partial charge in [-0.05, 0) is 61.6 Å². The fourth-order valence-corrected chi connectivity index (χ4v) is 5.78. The summed E-state index contributed by atoms with van der Waals surface area (Å²) in [7, 11) is 0. The Kier molecular flexibility index (Phi) is 6.34. The van der Waals surface area contributed by atoms with Crippen molar-refractivity contribution < 1.29 is 22.8 Å². The minimum absolute atomic E-state index is 0.0219. The van der Waals surface area contributed by atoms with Gasteiger partial charge in [-0.3, -0.25) is 19.4 Å². The summed E-state index contributed by atoms with van der Waals surface area (Å²) in [6, 6.07) is 13.6. The molecule has 2 aromatic carbocycles. The molecular weight excluding hydrogens is 455 g/mol. The van der Waals surface area contributed by atoms with E-state index in [4.69, 9.17) is 0 Å². The van der Waals surface area contributed by atoms with Gasteiger partial charge in [0.25, 0.3) is 0 Å². The van der Waals surface area contributed by atoms with Crippen LogP contribution in [0.4, 0.5) is 18.9 Å². The molecule has 0 bridgehead atoms. The van der Waals surface area contributed by atoms with Crippen LogP contribution in [0, 0.1) is 5.41 Å². The Morgan fingerprint density at radius 3 is 2.34 bits per heavy atom. The number of amides is 2. The molecule has 0 N–H and O–H groups in total. The van der Waals surface area contributed by atoms with Crippen molar-refractivity contribution in [3.63, 3.8) is 0 Å². The molecule has 186 valence electrons. The summed E-state index contributed by atoms with van der Waals surface area (Å²) in [5.41, 5.74) is 1.84. The van der Waals surface area contributed by atoms with Gasteiger partial charge in [-0.1, -0.05) is 30.3 Å². The summed E-state index contributed by atoms with van der Waals surface area (Å²) in [5.74, 6) is -0.0879. The molecule has 1 aliphatic carbocycles. The zero-order valence-electron chi connectivity index (χ0n) is 19.7. The highest BCUT2D eigenvalue weighted by molar-refractivity contribution is 6.06. The Morgan fingerprint density at radius 2 is 1.60 bits per heavy atom. The predicted molar refractivity (Wildman–Crippen MR) is 127 cm³/mol. The number of nitrogens with zero attached hydrogens (tertiary/aromatic N) is 3. The van der Waals surface area contributed by atoms with Gasteiger partial charge in [0.2, 0.25) is 11.8 Å². The number of fused-ring (bicyclic) bond motifs is 1. The summed E-state index contributed by atoms with van der Waals surface area (Å²) in [5, 5.41) is 0. The number of anilines is 1. The number of likely N-dealkylation sites (tertiary alicyclic amines) is 1. The molecular formula is C27H30F3N3O2. The number of benzene rings is 2. The minimum atomic E-state index is -4.35. The van der Waals surface area contributed by atoms with Crippen LogP contribution >= 0.6 is 0 Å². The molecule has 5 nitrogen and oxygen atoms in total. The van der Waals surface area contributed by atoms with Gasteiger partial charge in [0, 0.05) is 44.8 Å². The Labute approximate surface area is 203 Å². The average molecular weight is 486 g/mol. The summed E-state index contributed by atoms with van der Waals surface area (Å²) < 4.78 is 39.1. The van der Waals surface area contributed by atoms with Crippen LogP contribution < -0.4 is 4.90 Å². The first kappa shape index (κ1) is 23.9. The number of piperazine rings is 1. The quantitative estimate of drug-likeness (QED) is 0.597. The average Bonchev–Trinajstić information content (AvgIpc) is 3.07. The van der Waals surface area contributed by atoms with Crippen LogP contribution in [-0.4, -0.2) is 60.9 Å². The molecule has 1 unspecified atom stereocenters. The van der Waals surface area contributed by atoms with Crippen molar-refractivity contribution in [2.75, 3.05) is 44.2 Å². The summed E-state index contributed by atoms with van der Waals surface area (Å²) in [4.78, 5) is 31.7. The molecule has 0 saturated carbocycles. The first-order valence-corrected chi connectivity index (χ1v) is 12.3. The second-order valence-corrected chi connectivity index (χ2v) is 9.98. The van der Waals surface area contributed by atoms with E-state index >= 15 is 0 Å². The maximum absolute atomic E-state index is 13.3. The lowest BCUT2D eigenvalue weighted by molar-refractivity contribution is -0.142. The highest BCUT2D eigenvalue weighted by atomic mass is 19.4. The fraction of sp³-hybridized carbons (Fsp3) is 0.481. The van der Waals surface area contributed by atoms with Crippen LogP contribution in [0.1, 0.15) is 36.0 Å². The fourth-order valence-electron chi connectivity index (χ4n) is 5.78. The molecule has 2 aromatic rings. The van der Waals surface area contributed by atoms with E-state index in [0.29, 0.717) is 44.6 Å². The van der Waals surface area contributed by atoms with E-state index in [0.717, 1.165) is 38.5 Å². The van der Waals surface area contributed by atoms with E-state index < -0.39 is 17.2 Å². The van der Waals surface area contributed by atoms with Crippen LogP contribution in [0.3, 0.4) is 0 Å². The number of rotatable bonds is 5. The monoisotopic (exact) mass is 485 g/mol. The van der Waals surface area contributed by atoms with Crippen molar-refractivity contribution >= 4 is 17.5 Å². The molecule has 5 rings (SSSR count). The molecule has 2 fully saturated rings. The standard InChI is InChI=1S/C27H30F3N3O2/c28-27(29,30)22-7-3-8-23(17-22)32-15-13-31(14-16-32)11-4-12-33-24(34)19-26(25(33)35)10-9-20-5-1-2-6-21(20)18-26/h1-3,5-8,17H,4,9-16,18-19H2. The topological polar surface area (TPSA) is 43.9 Å². The number of aryl methyl sites for hydroxylation is 1. The Bertz CT molecular complexity index is 1110. The smallest absolute Gasteiger partial charge is 0.369 e. The Balaban J connectivity index is 1.11. The zero-order chi connectivity index (χ0) is 24.6. The minimum Gasteiger partial charge on any atom is -0.369 e. The van der Waals surface area contributed by atoms with E-state index in [2.05, 4.69) is 17.0 Å². The second-order valence-electron chi connectivity index (χ2n) is 9.98. The lowest BCUT2D eigenvalue weighted by Crippen LogP contribution is -2.47. The lowest BCUT2D eigenvalue weighted by atomic mass is 9.70. The van der Waals surface area contributed by atoms with E-state index in [-0.39, 0.29) is 11.8 Å². The number of carbonyl (C=O) groups excluding carboxylic acids is 2. The van der Waals surface area contributed by atoms with Crippen molar-refractivity contribution in [3.8, 4) is 0 Å². The summed E-state index contributed by atoms with van der Waals surface area (Å²) in [6.45, 7) is 3.94. The van der Waals surface area contributed by atoms with Crippen LogP contribution in [0.5, 0.6) is 0 Å². The van der Waals surface area contributed by atoms with Gasteiger partial charge in [0.15, 0.2) is 0 Å². The normalized spacial score (nSPS) is 23.3. The number of carbonyl (C=O) groups is 2. The number of hydrogen-bond acceptors (Lipinski definition) is 4. The van der Waals surface area contributed by atoms with Crippen molar-refractivity contribution in [2.45, 2.75) is 38.3 Å². The molecule has 2 saturated heterocycles. The molecule has 2 heterocycles. The highest BCUT2D eigenvalue weighted by Crippen LogP contribution is 2.44. The number of alkyl halides is 3. The van der Waals surface area contributed by atoms with Gasteiger partial charge in [0.1, 0.15) is 0 Å².